The van der Waals surface area contributed by atoms with Crippen molar-refractivity contribution < 1.29 is 9.53 Å². The van der Waals surface area contributed by atoms with E-state index in [2.05, 4.69) is 78.4 Å². The van der Waals surface area contributed by atoms with Crippen LogP contribution in [0.4, 0.5) is 22.9 Å². The standard InChI is InChI=1S/C34H31N9O2S/c1-4-32(44)40-27-12-21(5-7-28(27)42-17-23-13-24(42)16-41(23)3)30-15-26-33(36-18-37-34(26)46-30)39-22-6-8-29(20(2)11-22)45-25-9-10-43-31(14-25)35-19-38-43/h4-12,14-15,18-19,23-24H,1,13,16-17H2,2-3H3,(H,40,44)(H,36,37,39)/t23-,24-/m0/s1. The number of likely N-dealkylation sites (tertiary alicyclic amines) is 1. The number of hydrogen-bond donors (Lipinski definition) is 2. The highest BCUT2D eigenvalue weighted by Crippen LogP contribution is 2.42. The molecular formula is C34H31N9O2S. The Bertz CT molecular complexity index is 2140. The first kappa shape index (κ1) is 28.2. The van der Waals surface area contributed by atoms with Gasteiger partial charge in [-0.05, 0) is 80.1 Å². The fourth-order valence-electron chi connectivity index (χ4n) is 6.45. The molecule has 12 heteroatoms. The molecule has 2 aromatic carbocycles. The van der Waals surface area contributed by atoms with Gasteiger partial charge in [0.1, 0.15) is 34.8 Å². The van der Waals surface area contributed by atoms with E-state index in [0.29, 0.717) is 23.7 Å². The second-order valence-corrected chi connectivity index (χ2v) is 12.8. The van der Waals surface area contributed by atoms with Crippen molar-refractivity contribution in [2.75, 3.05) is 35.7 Å². The molecule has 8 rings (SSSR count). The Kier molecular flexibility index (Phi) is 6.88. The minimum atomic E-state index is -0.225. The number of carbonyl (C=O) groups is 1. The van der Waals surface area contributed by atoms with E-state index >= 15 is 0 Å². The maximum atomic E-state index is 12.4. The molecule has 0 aliphatic carbocycles. The molecule has 0 radical (unpaired) electrons. The third-order valence-electron chi connectivity index (χ3n) is 8.80. The minimum Gasteiger partial charge on any atom is -0.457 e. The van der Waals surface area contributed by atoms with Crippen LogP contribution in [0.5, 0.6) is 11.5 Å². The summed E-state index contributed by atoms with van der Waals surface area (Å²) in [6.45, 7) is 7.65. The van der Waals surface area contributed by atoms with Gasteiger partial charge >= 0.3 is 0 Å². The number of anilines is 4. The van der Waals surface area contributed by atoms with Gasteiger partial charge in [-0.15, -0.1) is 11.3 Å². The van der Waals surface area contributed by atoms with E-state index in [4.69, 9.17) is 4.74 Å². The summed E-state index contributed by atoms with van der Waals surface area (Å²) in [6.07, 6.45) is 7.37. The van der Waals surface area contributed by atoms with Gasteiger partial charge in [0.05, 0.1) is 16.8 Å². The highest BCUT2D eigenvalue weighted by molar-refractivity contribution is 7.21. The molecule has 2 bridgehead atoms. The van der Waals surface area contributed by atoms with Crippen LogP contribution in [0.15, 0.2) is 86.1 Å². The minimum absolute atomic E-state index is 0.225. The van der Waals surface area contributed by atoms with Crippen LogP contribution in [0.3, 0.4) is 0 Å². The number of fused-ring (bicyclic) bond motifs is 4. The molecule has 2 saturated heterocycles. The molecule has 0 saturated carbocycles. The summed E-state index contributed by atoms with van der Waals surface area (Å²) in [5.41, 5.74) is 5.41. The number of aryl methyl sites for hydroxylation is 1. The number of aromatic nitrogens is 5. The number of ether oxygens (including phenoxy) is 1. The zero-order valence-electron chi connectivity index (χ0n) is 25.3. The fraction of sp³-hybridized carbons (Fsp3) is 0.206. The summed E-state index contributed by atoms with van der Waals surface area (Å²) in [5.74, 6) is 1.92. The summed E-state index contributed by atoms with van der Waals surface area (Å²) < 4.78 is 7.84. The number of piperazine rings is 1. The third kappa shape index (κ3) is 5.11. The predicted molar refractivity (Wildman–Crippen MR) is 181 cm³/mol. The quantitative estimate of drug-likeness (QED) is 0.188. The van der Waals surface area contributed by atoms with Crippen LogP contribution >= 0.6 is 11.3 Å². The Morgan fingerprint density at radius 2 is 1.96 bits per heavy atom. The molecule has 2 fully saturated rings. The van der Waals surface area contributed by atoms with Crippen LogP contribution < -0.4 is 20.3 Å². The average molecular weight is 630 g/mol. The molecule has 2 aliphatic rings. The Labute approximate surface area is 269 Å². The van der Waals surface area contributed by atoms with Crippen molar-refractivity contribution in [3.63, 3.8) is 0 Å². The first-order valence-corrected chi connectivity index (χ1v) is 15.9. The van der Waals surface area contributed by atoms with Crippen LogP contribution in [0.25, 0.3) is 26.3 Å². The van der Waals surface area contributed by atoms with Gasteiger partial charge in [0.2, 0.25) is 5.91 Å². The number of amides is 1. The second kappa shape index (κ2) is 11.2. The van der Waals surface area contributed by atoms with Crippen LogP contribution in [0.2, 0.25) is 0 Å². The summed E-state index contributed by atoms with van der Waals surface area (Å²) in [7, 11) is 2.19. The Morgan fingerprint density at radius 1 is 1.04 bits per heavy atom. The molecule has 1 amide bonds. The van der Waals surface area contributed by atoms with Crippen molar-refractivity contribution in [1.82, 2.24) is 29.5 Å². The van der Waals surface area contributed by atoms with E-state index < -0.39 is 0 Å². The Balaban J connectivity index is 1.06. The predicted octanol–water partition coefficient (Wildman–Crippen LogP) is 6.26. The second-order valence-electron chi connectivity index (χ2n) is 11.7. The lowest BCUT2D eigenvalue weighted by Gasteiger charge is -2.34. The zero-order valence-corrected chi connectivity index (χ0v) is 26.2. The van der Waals surface area contributed by atoms with Gasteiger partial charge < -0.3 is 20.3 Å². The van der Waals surface area contributed by atoms with Gasteiger partial charge in [-0.25, -0.2) is 19.5 Å². The molecule has 11 nitrogen and oxygen atoms in total. The highest BCUT2D eigenvalue weighted by atomic mass is 32.1. The van der Waals surface area contributed by atoms with Crippen molar-refractivity contribution in [2.45, 2.75) is 25.4 Å². The lowest BCUT2D eigenvalue weighted by Crippen LogP contribution is -2.44. The van der Waals surface area contributed by atoms with E-state index in [1.807, 2.05) is 43.5 Å². The number of nitrogens with zero attached hydrogens (tertiary/aromatic N) is 7. The van der Waals surface area contributed by atoms with E-state index in [0.717, 1.165) is 74.2 Å². The van der Waals surface area contributed by atoms with Crippen molar-refractivity contribution in [3.05, 3.63) is 91.7 Å². The summed E-state index contributed by atoms with van der Waals surface area (Å²) in [5, 5.41) is 11.6. The van der Waals surface area contributed by atoms with Gasteiger partial charge in [-0.3, -0.25) is 9.69 Å². The van der Waals surface area contributed by atoms with Gasteiger partial charge in [-0.2, -0.15) is 5.10 Å². The van der Waals surface area contributed by atoms with E-state index in [1.54, 1.807) is 22.2 Å². The lowest BCUT2D eigenvalue weighted by molar-refractivity contribution is -0.111. The maximum Gasteiger partial charge on any atom is 0.247 e. The van der Waals surface area contributed by atoms with Gasteiger partial charge in [0.25, 0.3) is 0 Å². The molecule has 2 aliphatic heterocycles. The molecular weight excluding hydrogens is 599 g/mol. The van der Waals surface area contributed by atoms with Crippen LogP contribution in [0, 0.1) is 6.92 Å². The molecule has 2 atom stereocenters. The van der Waals surface area contributed by atoms with Crippen molar-refractivity contribution >= 4 is 56.0 Å². The normalized spacial score (nSPS) is 17.6. The van der Waals surface area contributed by atoms with Crippen LogP contribution in [-0.4, -0.2) is 67.6 Å². The largest absolute Gasteiger partial charge is 0.457 e. The van der Waals surface area contributed by atoms with Crippen LogP contribution in [-0.2, 0) is 4.79 Å². The Morgan fingerprint density at radius 3 is 2.76 bits per heavy atom. The number of nitrogens with one attached hydrogen (secondary N) is 2. The summed E-state index contributed by atoms with van der Waals surface area (Å²) in [6, 6.07) is 19.1. The Hall–Kier alpha value is -5.33. The molecule has 46 heavy (non-hydrogen) atoms. The number of rotatable bonds is 8. The summed E-state index contributed by atoms with van der Waals surface area (Å²) in [4.78, 5) is 32.6. The van der Waals surface area contributed by atoms with Gasteiger partial charge in [0.15, 0.2) is 5.65 Å². The number of carbonyl (C=O) groups excluding carboxylic acids is 1. The average Bonchev–Trinajstić information content (AvgIpc) is 3.86. The third-order valence-corrected chi connectivity index (χ3v) is 9.89. The number of pyridine rings is 1. The lowest BCUT2D eigenvalue weighted by atomic mass is 10.1. The van der Waals surface area contributed by atoms with Crippen molar-refractivity contribution in [2.24, 2.45) is 0 Å². The number of likely N-dealkylation sites (N-methyl/N-ethyl adjacent to an activating group) is 1. The molecule has 6 heterocycles. The van der Waals surface area contributed by atoms with Crippen molar-refractivity contribution in [3.8, 4) is 21.9 Å². The van der Waals surface area contributed by atoms with E-state index in [9.17, 15) is 4.79 Å². The number of benzene rings is 2. The zero-order chi connectivity index (χ0) is 31.4. The first-order chi connectivity index (χ1) is 22.4. The van der Waals surface area contributed by atoms with E-state index in [1.165, 1.54) is 12.4 Å². The molecule has 0 spiro atoms. The SMILES string of the molecule is C=CC(=O)Nc1cc(-c2cc3c(Nc4ccc(Oc5ccn6ncnc6c5)c(C)c4)ncnc3s2)ccc1N1C[C@@H]2C[C@H]1CN2C. The molecule has 6 aromatic rings. The van der Waals surface area contributed by atoms with E-state index in [-0.39, 0.29) is 5.91 Å². The molecule has 0 unspecified atom stereocenters. The van der Waals surface area contributed by atoms with Gasteiger partial charge in [-0.1, -0.05) is 12.6 Å². The summed E-state index contributed by atoms with van der Waals surface area (Å²) >= 11 is 1.59. The van der Waals surface area contributed by atoms with Crippen molar-refractivity contribution in [1.29, 1.82) is 0 Å². The van der Waals surface area contributed by atoms with Crippen LogP contribution in [0.1, 0.15) is 12.0 Å². The highest BCUT2D eigenvalue weighted by Gasteiger charge is 2.42. The number of thiophene rings is 1. The fourth-order valence-corrected chi connectivity index (χ4v) is 7.44. The topological polar surface area (TPSA) is 113 Å². The molecule has 2 N–H and O–H groups in total. The molecule has 4 aromatic heterocycles. The smallest absolute Gasteiger partial charge is 0.247 e. The van der Waals surface area contributed by atoms with Gasteiger partial charge in [0, 0.05) is 48.0 Å². The first-order valence-electron chi connectivity index (χ1n) is 15.1. The maximum absolute atomic E-state index is 12.4. The monoisotopic (exact) mass is 629 g/mol. The molecule has 230 valence electrons. The number of hydrogen-bond acceptors (Lipinski definition) is 10.